The summed E-state index contributed by atoms with van der Waals surface area (Å²) in [4.78, 5) is 0. The molecule has 1 saturated carbocycles. The van der Waals surface area contributed by atoms with E-state index in [0.29, 0.717) is 5.41 Å². The van der Waals surface area contributed by atoms with Crippen LogP contribution in [-0.4, -0.2) is 20.2 Å². The lowest BCUT2D eigenvalue weighted by Crippen LogP contribution is -2.41. The third-order valence-corrected chi connectivity index (χ3v) is 3.92. The minimum Gasteiger partial charge on any atom is -0.496 e. The summed E-state index contributed by atoms with van der Waals surface area (Å²) >= 11 is 0. The van der Waals surface area contributed by atoms with Crippen LogP contribution in [0.15, 0.2) is 24.3 Å². The minimum absolute atomic E-state index is 0.477. The number of hydrogen-bond donors (Lipinski definition) is 1. The van der Waals surface area contributed by atoms with Crippen LogP contribution in [0, 0.1) is 5.41 Å². The van der Waals surface area contributed by atoms with Gasteiger partial charge in [-0.1, -0.05) is 31.5 Å². The van der Waals surface area contributed by atoms with Crippen LogP contribution in [0.25, 0.3) is 0 Å². The Bertz CT molecular complexity index is 358. The van der Waals surface area contributed by atoms with Crippen molar-refractivity contribution in [3.05, 3.63) is 29.8 Å². The van der Waals surface area contributed by atoms with Gasteiger partial charge in [0.1, 0.15) is 5.75 Å². The molecule has 94 valence electrons. The zero-order chi connectivity index (χ0) is 12.1. The smallest absolute Gasteiger partial charge is 0.122 e. The van der Waals surface area contributed by atoms with Crippen LogP contribution in [-0.2, 0) is 6.42 Å². The Morgan fingerprint density at radius 3 is 2.65 bits per heavy atom. The molecule has 1 N–H and O–H groups in total. The second-order valence-corrected chi connectivity index (χ2v) is 5.12. The molecule has 1 aliphatic rings. The van der Waals surface area contributed by atoms with Crippen molar-refractivity contribution in [2.75, 3.05) is 20.2 Å². The highest BCUT2D eigenvalue weighted by molar-refractivity contribution is 5.34. The van der Waals surface area contributed by atoms with Gasteiger partial charge in [-0.2, -0.15) is 0 Å². The van der Waals surface area contributed by atoms with E-state index in [1.54, 1.807) is 7.11 Å². The second kappa shape index (κ2) is 5.54. The van der Waals surface area contributed by atoms with E-state index in [1.807, 2.05) is 6.07 Å². The fourth-order valence-corrected chi connectivity index (χ4v) is 2.74. The monoisotopic (exact) mass is 233 g/mol. The van der Waals surface area contributed by atoms with Crippen molar-refractivity contribution >= 4 is 0 Å². The van der Waals surface area contributed by atoms with Crippen LogP contribution < -0.4 is 10.1 Å². The molecule has 2 heteroatoms. The van der Waals surface area contributed by atoms with E-state index in [-0.39, 0.29) is 0 Å². The maximum absolute atomic E-state index is 5.44. The first-order valence-electron chi connectivity index (χ1n) is 6.62. The Kier molecular flexibility index (Phi) is 4.06. The third kappa shape index (κ3) is 2.81. The number of benzene rings is 1. The zero-order valence-corrected chi connectivity index (χ0v) is 11.0. The van der Waals surface area contributed by atoms with Gasteiger partial charge in [0.2, 0.25) is 0 Å². The number of ether oxygens (including phenoxy) is 1. The lowest BCUT2D eigenvalue weighted by Gasteiger charge is -2.42. The number of nitrogens with one attached hydrogen (secondary N) is 1. The Balaban J connectivity index is 2.07. The molecule has 0 spiro atoms. The predicted molar refractivity (Wildman–Crippen MR) is 71.5 cm³/mol. The molecule has 0 bridgehead atoms. The summed E-state index contributed by atoms with van der Waals surface area (Å²) in [6, 6.07) is 8.41. The van der Waals surface area contributed by atoms with Crippen LogP contribution in [0.1, 0.15) is 31.7 Å². The Labute approximate surface area is 104 Å². The average molecular weight is 233 g/mol. The SMILES string of the molecule is CCNCC1(Cc2ccccc2OC)CCC1. The molecule has 0 amide bonds. The van der Waals surface area contributed by atoms with Crippen molar-refractivity contribution in [1.29, 1.82) is 0 Å². The highest BCUT2D eigenvalue weighted by atomic mass is 16.5. The maximum Gasteiger partial charge on any atom is 0.122 e. The van der Waals surface area contributed by atoms with Gasteiger partial charge in [0.25, 0.3) is 0 Å². The molecule has 1 aromatic rings. The molecule has 0 unspecified atom stereocenters. The van der Waals surface area contributed by atoms with Crippen molar-refractivity contribution in [2.45, 2.75) is 32.6 Å². The molecule has 17 heavy (non-hydrogen) atoms. The van der Waals surface area contributed by atoms with Crippen LogP contribution in [0.5, 0.6) is 5.75 Å². The summed E-state index contributed by atoms with van der Waals surface area (Å²) < 4.78 is 5.44. The molecule has 0 saturated heterocycles. The summed E-state index contributed by atoms with van der Waals surface area (Å²) in [5.74, 6) is 1.04. The van der Waals surface area contributed by atoms with Crippen LogP contribution in [0.3, 0.4) is 0 Å². The Morgan fingerprint density at radius 2 is 2.06 bits per heavy atom. The quantitative estimate of drug-likeness (QED) is 0.815. The number of rotatable bonds is 6. The minimum atomic E-state index is 0.477. The summed E-state index contributed by atoms with van der Waals surface area (Å²) in [6.07, 6.45) is 5.21. The van der Waals surface area contributed by atoms with E-state index < -0.39 is 0 Å². The molecule has 1 fully saturated rings. The van der Waals surface area contributed by atoms with E-state index >= 15 is 0 Å². The molecule has 0 aromatic heterocycles. The van der Waals surface area contributed by atoms with Crippen molar-refractivity contribution in [3.63, 3.8) is 0 Å². The number of methoxy groups -OCH3 is 1. The number of hydrogen-bond acceptors (Lipinski definition) is 2. The van der Waals surface area contributed by atoms with E-state index in [4.69, 9.17) is 4.74 Å². The summed E-state index contributed by atoms with van der Waals surface area (Å²) in [5, 5.41) is 3.51. The predicted octanol–water partition coefficient (Wildman–Crippen LogP) is 3.02. The van der Waals surface area contributed by atoms with Crippen molar-refractivity contribution < 1.29 is 4.74 Å². The van der Waals surface area contributed by atoms with Crippen molar-refractivity contribution in [1.82, 2.24) is 5.32 Å². The third-order valence-electron chi connectivity index (χ3n) is 3.92. The van der Waals surface area contributed by atoms with Gasteiger partial charge >= 0.3 is 0 Å². The number of para-hydroxylation sites is 1. The zero-order valence-electron chi connectivity index (χ0n) is 11.0. The standard InChI is InChI=1S/C15H23NO/c1-3-16-12-15(9-6-10-15)11-13-7-4-5-8-14(13)17-2/h4-5,7-8,16H,3,6,9-12H2,1-2H3. The van der Waals surface area contributed by atoms with Crippen LogP contribution in [0.2, 0.25) is 0 Å². The van der Waals surface area contributed by atoms with Crippen molar-refractivity contribution in [3.8, 4) is 5.75 Å². The molecule has 2 nitrogen and oxygen atoms in total. The first-order valence-corrected chi connectivity index (χ1v) is 6.62. The second-order valence-electron chi connectivity index (χ2n) is 5.12. The molecule has 0 radical (unpaired) electrons. The molecule has 0 aliphatic heterocycles. The molecule has 1 aliphatic carbocycles. The summed E-state index contributed by atoms with van der Waals surface area (Å²) in [7, 11) is 1.76. The van der Waals surface area contributed by atoms with E-state index in [0.717, 1.165) is 25.3 Å². The summed E-state index contributed by atoms with van der Waals surface area (Å²) in [6.45, 7) is 4.38. The molecule has 1 aromatic carbocycles. The van der Waals surface area contributed by atoms with Gasteiger partial charge in [0, 0.05) is 6.54 Å². The fourth-order valence-electron chi connectivity index (χ4n) is 2.74. The lowest BCUT2D eigenvalue weighted by molar-refractivity contribution is 0.130. The Hall–Kier alpha value is -1.02. The highest BCUT2D eigenvalue weighted by Gasteiger charge is 2.36. The lowest BCUT2D eigenvalue weighted by atomic mass is 9.65. The largest absolute Gasteiger partial charge is 0.496 e. The average Bonchev–Trinajstić information content (AvgIpc) is 2.33. The first kappa shape index (κ1) is 12.4. The fraction of sp³-hybridized carbons (Fsp3) is 0.600. The maximum atomic E-state index is 5.44. The van der Waals surface area contributed by atoms with Crippen molar-refractivity contribution in [2.24, 2.45) is 5.41 Å². The molecule has 0 atom stereocenters. The van der Waals surface area contributed by atoms with Crippen LogP contribution in [0.4, 0.5) is 0 Å². The van der Waals surface area contributed by atoms with Crippen LogP contribution >= 0.6 is 0 Å². The van der Waals surface area contributed by atoms with Gasteiger partial charge < -0.3 is 10.1 Å². The first-order chi connectivity index (χ1) is 8.29. The molecule has 0 heterocycles. The van der Waals surface area contributed by atoms with Gasteiger partial charge in [-0.05, 0) is 42.9 Å². The van der Waals surface area contributed by atoms with Gasteiger partial charge in [0.15, 0.2) is 0 Å². The molecular weight excluding hydrogens is 210 g/mol. The van der Waals surface area contributed by atoms with Gasteiger partial charge in [0.05, 0.1) is 7.11 Å². The van der Waals surface area contributed by atoms with E-state index in [2.05, 4.69) is 30.4 Å². The Morgan fingerprint density at radius 1 is 1.29 bits per heavy atom. The highest BCUT2D eigenvalue weighted by Crippen LogP contribution is 2.44. The van der Waals surface area contributed by atoms with Gasteiger partial charge in [-0.25, -0.2) is 0 Å². The van der Waals surface area contributed by atoms with Gasteiger partial charge in [-0.3, -0.25) is 0 Å². The van der Waals surface area contributed by atoms with Gasteiger partial charge in [-0.15, -0.1) is 0 Å². The van der Waals surface area contributed by atoms with E-state index in [1.165, 1.54) is 24.8 Å². The summed E-state index contributed by atoms with van der Waals surface area (Å²) in [5.41, 5.74) is 1.83. The molecule has 2 rings (SSSR count). The molecular formula is C15H23NO. The normalized spacial score (nSPS) is 17.5. The van der Waals surface area contributed by atoms with E-state index in [9.17, 15) is 0 Å². The topological polar surface area (TPSA) is 21.3 Å².